The van der Waals surface area contributed by atoms with Crippen molar-refractivity contribution in [1.29, 1.82) is 0 Å². The Balaban J connectivity index is 2.30. The fraction of sp³-hybridized carbons (Fsp3) is 0.385. The molecule has 1 fully saturated rings. The second kappa shape index (κ2) is 5.16. The van der Waals surface area contributed by atoms with E-state index in [9.17, 15) is 14.0 Å². The van der Waals surface area contributed by atoms with Gasteiger partial charge >= 0.3 is 5.97 Å². The van der Waals surface area contributed by atoms with Gasteiger partial charge in [-0.05, 0) is 31.0 Å². The van der Waals surface area contributed by atoms with Crippen LogP contribution in [0.3, 0.4) is 0 Å². The number of amides is 1. The van der Waals surface area contributed by atoms with E-state index >= 15 is 0 Å². The molecule has 0 atom stereocenters. The van der Waals surface area contributed by atoms with Crippen LogP contribution in [0.4, 0.5) is 10.1 Å². The van der Waals surface area contributed by atoms with Crippen molar-refractivity contribution in [3.05, 3.63) is 29.6 Å². The second-order valence-electron chi connectivity index (χ2n) is 4.33. The van der Waals surface area contributed by atoms with Gasteiger partial charge in [-0.3, -0.25) is 4.79 Å². The number of benzene rings is 1. The molecule has 0 aromatic heterocycles. The summed E-state index contributed by atoms with van der Waals surface area (Å²) in [6.07, 6.45) is 3.18. The zero-order valence-corrected chi connectivity index (χ0v) is 9.86. The highest BCUT2D eigenvalue weighted by atomic mass is 19.1. The average molecular weight is 251 g/mol. The molecule has 4 nitrogen and oxygen atoms in total. The van der Waals surface area contributed by atoms with Gasteiger partial charge in [0.2, 0.25) is 5.91 Å². The predicted molar refractivity (Wildman–Crippen MR) is 64.2 cm³/mol. The summed E-state index contributed by atoms with van der Waals surface area (Å²) >= 11 is 0. The standard InChI is InChI=1S/C13H14FNO3/c14-11-8-9(5-6-10(11)13(17)18)15-7-3-1-2-4-12(15)16/h5-6,8H,1-4,7H2,(H,17,18). The zero-order valence-electron chi connectivity index (χ0n) is 9.86. The van der Waals surface area contributed by atoms with Crippen molar-refractivity contribution in [2.75, 3.05) is 11.4 Å². The maximum atomic E-state index is 13.6. The number of aromatic carboxylic acids is 1. The van der Waals surface area contributed by atoms with Crippen molar-refractivity contribution in [1.82, 2.24) is 0 Å². The van der Waals surface area contributed by atoms with E-state index in [1.165, 1.54) is 17.0 Å². The molecule has 1 aliphatic heterocycles. The Kier molecular flexibility index (Phi) is 3.60. The average Bonchev–Trinajstić information content (AvgIpc) is 2.53. The summed E-state index contributed by atoms with van der Waals surface area (Å²) in [4.78, 5) is 24.1. The molecule has 2 rings (SSSR count). The number of rotatable bonds is 2. The van der Waals surface area contributed by atoms with E-state index in [0.29, 0.717) is 18.7 Å². The van der Waals surface area contributed by atoms with E-state index in [1.807, 2.05) is 0 Å². The number of anilines is 1. The lowest BCUT2D eigenvalue weighted by atomic mass is 10.1. The van der Waals surface area contributed by atoms with E-state index in [2.05, 4.69) is 0 Å². The Bertz CT molecular complexity index is 487. The fourth-order valence-electron chi connectivity index (χ4n) is 2.10. The molecule has 0 radical (unpaired) electrons. The van der Waals surface area contributed by atoms with Crippen molar-refractivity contribution in [2.24, 2.45) is 0 Å². The number of hydrogen-bond acceptors (Lipinski definition) is 2. The number of halogens is 1. The Morgan fingerprint density at radius 2 is 2.06 bits per heavy atom. The third-order valence-electron chi connectivity index (χ3n) is 3.07. The summed E-state index contributed by atoms with van der Waals surface area (Å²) in [5.41, 5.74) is 0.0606. The van der Waals surface area contributed by atoms with Crippen LogP contribution in [0.1, 0.15) is 36.0 Å². The molecule has 1 aliphatic rings. The summed E-state index contributed by atoms with van der Waals surface area (Å²) in [5, 5.41) is 8.74. The highest BCUT2D eigenvalue weighted by molar-refractivity contribution is 5.94. The second-order valence-corrected chi connectivity index (χ2v) is 4.33. The van der Waals surface area contributed by atoms with Crippen LogP contribution >= 0.6 is 0 Å². The molecule has 96 valence electrons. The molecule has 5 heteroatoms. The highest BCUT2D eigenvalue weighted by Crippen LogP contribution is 2.22. The van der Waals surface area contributed by atoms with Gasteiger partial charge in [0.05, 0.1) is 5.56 Å². The van der Waals surface area contributed by atoms with E-state index in [0.717, 1.165) is 25.3 Å². The van der Waals surface area contributed by atoms with Gasteiger partial charge in [0, 0.05) is 18.7 Å². The molecule has 0 spiro atoms. The maximum absolute atomic E-state index is 13.6. The molecular formula is C13H14FNO3. The van der Waals surface area contributed by atoms with Gasteiger partial charge in [-0.15, -0.1) is 0 Å². The topological polar surface area (TPSA) is 57.6 Å². The van der Waals surface area contributed by atoms with Gasteiger partial charge in [-0.1, -0.05) is 6.42 Å². The lowest BCUT2D eigenvalue weighted by molar-refractivity contribution is -0.118. The number of hydrogen-bond donors (Lipinski definition) is 1. The first-order valence-electron chi connectivity index (χ1n) is 5.93. The van der Waals surface area contributed by atoms with Gasteiger partial charge in [0.15, 0.2) is 0 Å². The van der Waals surface area contributed by atoms with Gasteiger partial charge in [0.25, 0.3) is 0 Å². The van der Waals surface area contributed by atoms with Crippen LogP contribution in [0.25, 0.3) is 0 Å². The van der Waals surface area contributed by atoms with E-state index in [4.69, 9.17) is 5.11 Å². The zero-order chi connectivity index (χ0) is 13.1. The lowest BCUT2D eigenvalue weighted by Crippen LogP contribution is -2.30. The van der Waals surface area contributed by atoms with Crippen LogP contribution in [0, 0.1) is 5.82 Å². The third kappa shape index (κ3) is 2.50. The van der Waals surface area contributed by atoms with Crippen LogP contribution in [0.2, 0.25) is 0 Å². The first-order chi connectivity index (χ1) is 8.59. The first kappa shape index (κ1) is 12.5. The van der Waals surface area contributed by atoms with E-state index < -0.39 is 11.8 Å². The minimum atomic E-state index is -1.30. The lowest BCUT2D eigenvalue weighted by Gasteiger charge is -2.20. The quantitative estimate of drug-likeness (QED) is 0.878. The number of carboxylic acid groups (broad SMARTS) is 1. The van der Waals surface area contributed by atoms with Crippen molar-refractivity contribution >= 4 is 17.6 Å². The SMILES string of the molecule is O=C(O)c1ccc(N2CCCCCC2=O)cc1F. The number of carboxylic acids is 1. The molecule has 1 aromatic rings. The number of carbonyl (C=O) groups excluding carboxylic acids is 1. The van der Waals surface area contributed by atoms with Gasteiger partial charge in [-0.2, -0.15) is 0 Å². The van der Waals surface area contributed by atoms with E-state index in [1.54, 1.807) is 0 Å². The molecule has 1 amide bonds. The van der Waals surface area contributed by atoms with Crippen LogP contribution in [0.5, 0.6) is 0 Å². The summed E-state index contributed by atoms with van der Waals surface area (Å²) < 4.78 is 13.6. The summed E-state index contributed by atoms with van der Waals surface area (Å²) in [6, 6.07) is 3.80. The minimum absolute atomic E-state index is 0.0324. The Morgan fingerprint density at radius 1 is 1.28 bits per heavy atom. The molecule has 1 aromatic carbocycles. The van der Waals surface area contributed by atoms with Crippen LogP contribution in [-0.2, 0) is 4.79 Å². The van der Waals surface area contributed by atoms with Crippen molar-refractivity contribution in [2.45, 2.75) is 25.7 Å². The first-order valence-corrected chi connectivity index (χ1v) is 5.93. The summed E-state index contributed by atoms with van der Waals surface area (Å²) in [5.74, 6) is -2.15. The van der Waals surface area contributed by atoms with Crippen LogP contribution < -0.4 is 4.90 Å². The minimum Gasteiger partial charge on any atom is -0.478 e. The maximum Gasteiger partial charge on any atom is 0.338 e. The predicted octanol–water partition coefficient (Wildman–Crippen LogP) is 2.43. The monoisotopic (exact) mass is 251 g/mol. The fourth-order valence-corrected chi connectivity index (χ4v) is 2.10. The normalized spacial score (nSPS) is 16.5. The molecule has 18 heavy (non-hydrogen) atoms. The number of nitrogens with zero attached hydrogens (tertiary/aromatic N) is 1. The molecule has 0 unspecified atom stereocenters. The van der Waals surface area contributed by atoms with Crippen LogP contribution in [-0.4, -0.2) is 23.5 Å². The summed E-state index contributed by atoms with van der Waals surface area (Å²) in [6.45, 7) is 0.560. The molecule has 0 aliphatic carbocycles. The number of carbonyl (C=O) groups is 2. The molecule has 0 saturated carbocycles. The van der Waals surface area contributed by atoms with Gasteiger partial charge in [0.1, 0.15) is 5.82 Å². The van der Waals surface area contributed by atoms with Crippen molar-refractivity contribution in [3.63, 3.8) is 0 Å². The van der Waals surface area contributed by atoms with Crippen LogP contribution in [0.15, 0.2) is 18.2 Å². The molecular weight excluding hydrogens is 237 g/mol. The Morgan fingerprint density at radius 3 is 2.72 bits per heavy atom. The Hall–Kier alpha value is -1.91. The summed E-state index contributed by atoms with van der Waals surface area (Å²) in [7, 11) is 0. The molecule has 1 N–H and O–H groups in total. The third-order valence-corrected chi connectivity index (χ3v) is 3.07. The smallest absolute Gasteiger partial charge is 0.338 e. The van der Waals surface area contributed by atoms with Gasteiger partial charge < -0.3 is 10.0 Å². The molecule has 1 heterocycles. The van der Waals surface area contributed by atoms with E-state index in [-0.39, 0.29) is 11.5 Å². The largest absolute Gasteiger partial charge is 0.478 e. The van der Waals surface area contributed by atoms with Gasteiger partial charge in [-0.25, -0.2) is 9.18 Å². The van der Waals surface area contributed by atoms with Crippen molar-refractivity contribution in [3.8, 4) is 0 Å². The molecule has 1 saturated heterocycles. The molecule has 0 bridgehead atoms. The Labute approximate surface area is 104 Å². The van der Waals surface area contributed by atoms with Crippen molar-refractivity contribution < 1.29 is 19.1 Å². The highest BCUT2D eigenvalue weighted by Gasteiger charge is 2.20.